The molecule has 16 heavy (non-hydrogen) atoms. The van der Waals surface area contributed by atoms with Crippen molar-refractivity contribution >= 4 is 27.5 Å². The molecule has 0 N–H and O–H groups in total. The zero-order valence-electron chi connectivity index (χ0n) is 9.66. The SMILES string of the molecule is CCC(Br)c1ccc2c(c1)CCC(=O)N2C. The van der Waals surface area contributed by atoms with Gasteiger partial charge in [0.2, 0.25) is 5.91 Å². The Labute approximate surface area is 105 Å². The molecule has 0 aromatic heterocycles. The van der Waals surface area contributed by atoms with Gasteiger partial charge in [-0.1, -0.05) is 35.0 Å². The van der Waals surface area contributed by atoms with Gasteiger partial charge in [0.15, 0.2) is 0 Å². The van der Waals surface area contributed by atoms with Crippen LogP contribution in [0.4, 0.5) is 5.69 Å². The largest absolute Gasteiger partial charge is 0.315 e. The van der Waals surface area contributed by atoms with Crippen LogP contribution in [-0.4, -0.2) is 13.0 Å². The summed E-state index contributed by atoms with van der Waals surface area (Å²) in [4.78, 5) is 13.7. The summed E-state index contributed by atoms with van der Waals surface area (Å²) < 4.78 is 0. The first-order chi connectivity index (χ1) is 7.63. The molecule has 1 heterocycles. The predicted octanol–water partition coefficient (Wildman–Crippen LogP) is 3.44. The van der Waals surface area contributed by atoms with Crippen LogP contribution in [0.3, 0.4) is 0 Å². The minimum atomic E-state index is 0.214. The summed E-state index contributed by atoms with van der Waals surface area (Å²) in [6.07, 6.45) is 2.58. The van der Waals surface area contributed by atoms with Crippen LogP contribution in [0.15, 0.2) is 18.2 Å². The molecule has 2 nitrogen and oxygen atoms in total. The van der Waals surface area contributed by atoms with E-state index in [1.54, 1.807) is 4.90 Å². The van der Waals surface area contributed by atoms with E-state index >= 15 is 0 Å². The Hall–Kier alpha value is -0.830. The quantitative estimate of drug-likeness (QED) is 0.761. The van der Waals surface area contributed by atoms with E-state index in [0.717, 1.165) is 18.5 Å². The minimum Gasteiger partial charge on any atom is -0.315 e. The molecule has 1 amide bonds. The van der Waals surface area contributed by atoms with Gasteiger partial charge >= 0.3 is 0 Å². The number of anilines is 1. The van der Waals surface area contributed by atoms with Crippen molar-refractivity contribution in [3.8, 4) is 0 Å². The zero-order valence-corrected chi connectivity index (χ0v) is 11.3. The Balaban J connectivity index is 2.37. The first-order valence-corrected chi connectivity index (χ1v) is 6.58. The van der Waals surface area contributed by atoms with Crippen molar-refractivity contribution in [3.63, 3.8) is 0 Å². The van der Waals surface area contributed by atoms with Crippen LogP contribution < -0.4 is 4.90 Å². The molecule has 1 atom stereocenters. The molecule has 0 saturated carbocycles. The highest BCUT2D eigenvalue weighted by molar-refractivity contribution is 9.09. The second-order valence-corrected chi connectivity index (χ2v) is 5.32. The lowest BCUT2D eigenvalue weighted by molar-refractivity contribution is -0.118. The molecule has 0 spiro atoms. The van der Waals surface area contributed by atoms with Gasteiger partial charge in [0.25, 0.3) is 0 Å². The maximum atomic E-state index is 11.5. The van der Waals surface area contributed by atoms with E-state index in [4.69, 9.17) is 0 Å². The fourth-order valence-corrected chi connectivity index (χ4v) is 2.39. The number of amides is 1. The van der Waals surface area contributed by atoms with Gasteiger partial charge in [-0.3, -0.25) is 4.79 Å². The van der Waals surface area contributed by atoms with Crippen LogP contribution in [0.25, 0.3) is 0 Å². The third kappa shape index (κ3) is 2.01. The average molecular weight is 282 g/mol. The third-order valence-electron chi connectivity index (χ3n) is 3.17. The van der Waals surface area contributed by atoms with Gasteiger partial charge in [-0.15, -0.1) is 0 Å². The van der Waals surface area contributed by atoms with Gasteiger partial charge in [0.1, 0.15) is 0 Å². The number of fused-ring (bicyclic) bond motifs is 1. The van der Waals surface area contributed by atoms with Gasteiger partial charge in [-0.25, -0.2) is 0 Å². The highest BCUT2D eigenvalue weighted by Gasteiger charge is 2.21. The van der Waals surface area contributed by atoms with E-state index < -0.39 is 0 Å². The molecule has 0 aliphatic carbocycles. The fraction of sp³-hybridized carbons (Fsp3) is 0.462. The number of hydrogen-bond acceptors (Lipinski definition) is 1. The van der Waals surface area contributed by atoms with Crippen molar-refractivity contribution in [2.75, 3.05) is 11.9 Å². The van der Waals surface area contributed by atoms with E-state index in [1.165, 1.54) is 11.1 Å². The standard InChI is InChI=1S/C13H16BrNO/c1-3-11(14)9-4-6-12-10(8-9)5-7-13(16)15(12)2/h4,6,8,11H,3,5,7H2,1-2H3. The molecule has 1 aliphatic heterocycles. The van der Waals surface area contributed by atoms with Crippen molar-refractivity contribution in [2.24, 2.45) is 0 Å². The number of halogens is 1. The summed E-state index contributed by atoms with van der Waals surface area (Å²) in [6.45, 7) is 2.16. The number of hydrogen-bond donors (Lipinski definition) is 0. The van der Waals surface area contributed by atoms with E-state index in [2.05, 4.69) is 41.1 Å². The van der Waals surface area contributed by atoms with Crippen LogP contribution >= 0.6 is 15.9 Å². The first-order valence-electron chi connectivity index (χ1n) is 5.67. The Morgan fingerprint density at radius 1 is 1.44 bits per heavy atom. The summed E-state index contributed by atoms with van der Waals surface area (Å²) in [5, 5.41) is 0. The molecular weight excluding hydrogens is 266 g/mol. The second kappa shape index (κ2) is 4.58. The smallest absolute Gasteiger partial charge is 0.227 e. The van der Waals surface area contributed by atoms with Crippen LogP contribution in [0.5, 0.6) is 0 Å². The van der Waals surface area contributed by atoms with E-state index in [0.29, 0.717) is 11.2 Å². The molecular formula is C13H16BrNO. The number of carbonyl (C=O) groups is 1. The number of benzene rings is 1. The maximum Gasteiger partial charge on any atom is 0.227 e. The average Bonchev–Trinajstić information content (AvgIpc) is 2.32. The van der Waals surface area contributed by atoms with E-state index in [9.17, 15) is 4.79 Å². The topological polar surface area (TPSA) is 20.3 Å². The molecule has 0 fully saturated rings. The molecule has 3 heteroatoms. The van der Waals surface area contributed by atoms with Crippen molar-refractivity contribution in [2.45, 2.75) is 31.0 Å². The van der Waals surface area contributed by atoms with Crippen molar-refractivity contribution < 1.29 is 4.79 Å². The van der Waals surface area contributed by atoms with Crippen molar-refractivity contribution in [1.29, 1.82) is 0 Å². The van der Waals surface area contributed by atoms with Crippen LogP contribution in [-0.2, 0) is 11.2 Å². The lowest BCUT2D eigenvalue weighted by Crippen LogP contribution is -2.31. The van der Waals surface area contributed by atoms with Gasteiger partial charge in [0.05, 0.1) is 0 Å². The van der Waals surface area contributed by atoms with Crippen molar-refractivity contribution in [3.05, 3.63) is 29.3 Å². The van der Waals surface area contributed by atoms with Crippen LogP contribution in [0.2, 0.25) is 0 Å². The van der Waals surface area contributed by atoms with Crippen LogP contribution in [0, 0.1) is 0 Å². The summed E-state index contributed by atoms with van der Waals surface area (Å²) in [7, 11) is 1.85. The third-order valence-corrected chi connectivity index (χ3v) is 4.34. The molecule has 0 saturated heterocycles. The first kappa shape index (κ1) is 11.6. The summed E-state index contributed by atoms with van der Waals surface area (Å²) in [5.41, 5.74) is 3.66. The summed E-state index contributed by atoms with van der Waals surface area (Å²) in [5.74, 6) is 0.214. The Morgan fingerprint density at radius 3 is 2.88 bits per heavy atom. The molecule has 1 aliphatic rings. The monoisotopic (exact) mass is 281 g/mol. The Kier molecular flexibility index (Phi) is 3.33. The van der Waals surface area contributed by atoms with Crippen LogP contribution in [0.1, 0.15) is 35.7 Å². The molecule has 86 valence electrons. The summed E-state index contributed by atoms with van der Waals surface area (Å²) in [6, 6.07) is 6.39. The van der Waals surface area contributed by atoms with Gasteiger partial charge in [-0.2, -0.15) is 0 Å². The van der Waals surface area contributed by atoms with E-state index in [1.807, 2.05) is 7.05 Å². The lowest BCUT2D eigenvalue weighted by atomic mass is 9.97. The molecule has 1 unspecified atom stereocenters. The highest BCUT2D eigenvalue weighted by Crippen LogP contribution is 2.33. The molecule has 0 radical (unpaired) electrons. The molecule has 1 aromatic carbocycles. The normalized spacial score (nSPS) is 17.2. The number of nitrogens with zero attached hydrogens (tertiary/aromatic N) is 1. The van der Waals surface area contributed by atoms with Gasteiger partial charge in [0, 0.05) is 24.0 Å². The van der Waals surface area contributed by atoms with E-state index in [-0.39, 0.29) is 5.91 Å². The van der Waals surface area contributed by atoms with Gasteiger partial charge in [-0.05, 0) is 30.0 Å². The number of alkyl halides is 1. The number of carbonyl (C=O) groups excluding carboxylic acids is 1. The lowest BCUT2D eigenvalue weighted by Gasteiger charge is -2.26. The second-order valence-electron chi connectivity index (χ2n) is 4.22. The number of aryl methyl sites for hydroxylation is 1. The summed E-state index contributed by atoms with van der Waals surface area (Å²) >= 11 is 3.66. The Morgan fingerprint density at radius 2 is 2.19 bits per heavy atom. The molecule has 1 aromatic rings. The molecule has 2 rings (SSSR count). The van der Waals surface area contributed by atoms with Gasteiger partial charge < -0.3 is 4.90 Å². The van der Waals surface area contributed by atoms with Crippen molar-refractivity contribution in [1.82, 2.24) is 0 Å². The Bertz CT molecular complexity index is 416. The fourth-order valence-electron chi connectivity index (χ4n) is 2.11. The maximum absolute atomic E-state index is 11.5. The number of rotatable bonds is 2. The zero-order chi connectivity index (χ0) is 11.7. The highest BCUT2D eigenvalue weighted by atomic mass is 79.9. The molecule has 0 bridgehead atoms. The minimum absolute atomic E-state index is 0.214. The predicted molar refractivity (Wildman–Crippen MR) is 70.1 cm³/mol.